The van der Waals surface area contributed by atoms with E-state index in [0.717, 1.165) is 11.1 Å². The molecule has 0 radical (unpaired) electrons. The molecule has 0 saturated heterocycles. The van der Waals surface area contributed by atoms with Crippen molar-refractivity contribution in [3.05, 3.63) is 93.8 Å². The van der Waals surface area contributed by atoms with Crippen molar-refractivity contribution >= 4 is 16.9 Å². The molecule has 1 aliphatic rings. The molecule has 0 bridgehead atoms. The summed E-state index contributed by atoms with van der Waals surface area (Å²) in [5, 5.41) is 0.676. The second-order valence-electron chi connectivity index (χ2n) is 8.84. The second-order valence-corrected chi connectivity index (χ2v) is 8.84. The van der Waals surface area contributed by atoms with E-state index in [0.29, 0.717) is 59.1 Å². The lowest BCUT2D eigenvalue weighted by molar-refractivity contribution is 0.0586. The molecule has 4 aromatic rings. The zero-order chi connectivity index (χ0) is 26.6. The number of methoxy groups -OCH3 is 2. The molecular formula is C30H29NO7. The summed E-state index contributed by atoms with van der Waals surface area (Å²) in [5.41, 5.74) is 2.34. The SMILES string of the molecule is CCOc1ccccc1C(=O)N1CCc2cc(OC)c(OC)cc2C1COc1cc(=O)oc2ccccc12. The Balaban J connectivity index is 1.56. The lowest BCUT2D eigenvalue weighted by Gasteiger charge is -2.38. The van der Waals surface area contributed by atoms with Gasteiger partial charge in [-0.25, -0.2) is 4.79 Å². The smallest absolute Gasteiger partial charge is 0.339 e. The number of amides is 1. The molecular weight excluding hydrogens is 486 g/mol. The van der Waals surface area contributed by atoms with Crippen LogP contribution in [0.1, 0.15) is 34.5 Å². The molecule has 8 nitrogen and oxygen atoms in total. The van der Waals surface area contributed by atoms with Gasteiger partial charge < -0.3 is 28.3 Å². The summed E-state index contributed by atoms with van der Waals surface area (Å²) in [7, 11) is 3.18. The molecule has 1 amide bonds. The minimum Gasteiger partial charge on any atom is -0.493 e. The van der Waals surface area contributed by atoms with Crippen LogP contribution in [0.15, 0.2) is 75.9 Å². The van der Waals surface area contributed by atoms with Gasteiger partial charge in [-0.2, -0.15) is 0 Å². The molecule has 38 heavy (non-hydrogen) atoms. The number of hydrogen-bond acceptors (Lipinski definition) is 7. The van der Waals surface area contributed by atoms with Crippen LogP contribution < -0.4 is 24.6 Å². The van der Waals surface area contributed by atoms with Gasteiger partial charge in [0.05, 0.1) is 43.9 Å². The topological polar surface area (TPSA) is 87.4 Å². The molecule has 0 N–H and O–H groups in total. The fourth-order valence-corrected chi connectivity index (χ4v) is 4.90. The van der Waals surface area contributed by atoms with Gasteiger partial charge in [0.2, 0.25) is 0 Å². The normalized spacial score (nSPS) is 14.6. The largest absolute Gasteiger partial charge is 0.493 e. The maximum absolute atomic E-state index is 13.9. The average Bonchev–Trinajstić information content (AvgIpc) is 2.94. The molecule has 1 aliphatic heterocycles. The van der Waals surface area contributed by atoms with Gasteiger partial charge in [-0.3, -0.25) is 4.79 Å². The molecule has 2 heterocycles. The van der Waals surface area contributed by atoms with E-state index >= 15 is 0 Å². The lowest BCUT2D eigenvalue weighted by atomic mass is 9.91. The Kier molecular flexibility index (Phi) is 7.22. The molecule has 0 spiro atoms. The minimum atomic E-state index is -0.507. The third kappa shape index (κ3) is 4.77. The number of ether oxygens (including phenoxy) is 4. The monoisotopic (exact) mass is 515 g/mol. The first-order chi connectivity index (χ1) is 18.5. The summed E-state index contributed by atoms with van der Waals surface area (Å²) in [6.07, 6.45) is 0.632. The van der Waals surface area contributed by atoms with Gasteiger partial charge in [0.15, 0.2) is 11.5 Å². The number of para-hydroxylation sites is 2. The highest BCUT2D eigenvalue weighted by Crippen LogP contribution is 2.40. The number of carbonyl (C=O) groups is 1. The van der Waals surface area contributed by atoms with E-state index in [1.165, 1.54) is 6.07 Å². The Morgan fingerprint density at radius 2 is 1.66 bits per heavy atom. The molecule has 0 fully saturated rings. The predicted molar refractivity (Wildman–Crippen MR) is 143 cm³/mol. The number of hydrogen-bond donors (Lipinski definition) is 0. The van der Waals surface area contributed by atoms with Crippen LogP contribution >= 0.6 is 0 Å². The zero-order valence-electron chi connectivity index (χ0n) is 21.6. The van der Waals surface area contributed by atoms with E-state index in [1.807, 2.05) is 43.3 Å². The van der Waals surface area contributed by atoms with E-state index in [9.17, 15) is 9.59 Å². The molecule has 3 aromatic carbocycles. The number of nitrogens with zero attached hydrogens (tertiary/aromatic N) is 1. The van der Waals surface area contributed by atoms with Crippen LogP contribution in [0.5, 0.6) is 23.0 Å². The van der Waals surface area contributed by atoms with Crippen molar-refractivity contribution in [2.24, 2.45) is 0 Å². The molecule has 1 atom stereocenters. The Hall–Kier alpha value is -4.46. The Morgan fingerprint density at radius 3 is 2.45 bits per heavy atom. The third-order valence-corrected chi connectivity index (χ3v) is 6.69. The van der Waals surface area contributed by atoms with E-state index < -0.39 is 11.7 Å². The standard InChI is InChI=1S/C30H29NO7/c1-4-36-24-11-7-6-10-21(24)30(33)31-14-13-19-15-27(34-2)28(35-3)16-22(19)23(31)18-37-26-17-29(32)38-25-12-8-5-9-20(25)26/h5-12,15-17,23H,4,13-14,18H2,1-3H3. The van der Waals surface area contributed by atoms with Crippen molar-refractivity contribution in [1.29, 1.82) is 0 Å². The summed E-state index contributed by atoms with van der Waals surface area (Å²) >= 11 is 0. The highest BCUT2D eigenvalue weighted by molar-refractivity contribution is 5.97. The van der Waals surface area contributed by atoms with E-state index in [-0.39, 0.29) is 12.5 Å². The maximum atomic E-state index is 13.9. The van der Waals surface area contributed by atoms with Gasteiger partial charge in [-0.1, -0.05) is 24.3 Å². The van der Waals surface area contributed by atoms with Crippen molar-refractivity contribution in [2.45, 2.75) is 19.4 Å². The Bertz CT molecular complexity index is 1530. The molecule has 1 unspecified atom stereocenters. The predicted octanol–water partition coefficient (Wildman–Crippen LogP) is 5.03. The number of fused-ring (bicyclic) bond motifs is 2. The molecule has 1 aromatic heterocycles. The minimum absolute atomic E-state index is 0.110. The lowest BCUT2D eigenvalue weighted by Crippen LogP contribution is -2.42. The Labute approximate surface area is 220 Å². The van der Waals surface area contributed by atoms with Crippen LogP contribution in [0.3, 0.4) is 0 Å². The van der Waals surface area contributed by atoms with Crippen molar-refractivity contribution in [3.8, 4) is 23.0 Å². The van der Waals surface area contributed by atoms with E-state index in [2.05, 4.69) is 0 Å². The Morgan fingerprint density at radius 1 is 0.921 bits per heavy atom. The summed E-state index contributed by atoms with van der Waals surface area (Å²) in [5.74, 6) is 1.95. The number of carbonyl (C=O) groups excluding carboxylic acids is 1. The van der Waals surface area contributed by atoms with Gasteiger partial charge in [0.1, 0.15) is 23.7 Å². The highest BCUT2D eigenvalue weighted by atomic mass is 16.5. The first kappa shape index (κ1) is 25.2. The maximum Gasteiger partial charge on any atom is 0.339 e. The summed E-state index contributed by atoms with van der Waals surface area (Å²) < 4.78 is 28.4. The van der Waals surface area contributed by atoms with E-state index in [4.69, 9.17) is 23.4 Å². The van der Waals surface area contributed by atoms with Gasteiger partial charge in [-0.15, -0.1) is 0 Å². The van der Waals surface area contributed by atoms with Crippen LogP contribution in [0, 0.1) is 0 Å². The van der Waals surface area contributed by atoms with Crippen LogP contribution in [0.4, 0.5) is 0 Å². The van der Waals surface area contributed by atoms with E-state index in [1.54, 1.807) is 43.4 Å². The molecule has 8 heteroatoms. The fourth-order valence-electron chi connectivity index (χ4n) is 4.90. The van der Waals surface area contributed by atoms with Gasteiger partial charge in [0, 0.05) is 6.54 Å². The molecule has 0 saturated carbocycles. The van der Waals surface area contributed by atoms with Crippen molar-refractivity contribution in [2.75, 3.05) is 34.0 Å². The summed E-state index contributed by atoms with van der Waals surface area (Å²) in [6, 6.07) is 19.1. The van der Waals surface area contributed by atoms with Crippen LogP contribution in [0.2, 0.25) is 0 Å². The highest BCUT2D eigenvalue weighted by Gasteiger charge is 2.34. The van der Waals surface area contributed by atoms with Gasteiger partial charge in [0.25, 0.3) is 5.91 Å². The molecule has 5 rings (SSSR count). The van der Waals surface area contributed by atoms with Crippen molar-refractivity contribution < 1.29 is 28.2 Å². The van der Waals surface area contributed by atoms with Crippen molar-refractivity contribution in [3.63, 3.8) is 0 Å². The number of rotatable bonds is 8. The van der Waals surface area contributed by atoms with Gasteiger partial charge in [-0.05, 0) is 60.9 Å². The van der Waals surface area contributed by atoms with Crippen LogP contribution in [0.25, 0.3) is 11.0 Å². The van der Waals surface area contributed by atoms with Crippen LogP contribution in [-0.2, 0) is 6.42 Å². The van der Waals surface area contributed by atoms with Gasteiger partial charge >= 0.3 is 5.63 Å². The first-order valence-corrected chi connectivity index (χ1v) is 12.5. The second kappa shape index (κ2) is 10.9. The molecule has 196 valence electrons. The average molecular weight is 516 g/mol. The quantitative estimate of drug-likeness (QED) is 0.304. The first-order valence-electron chi connectivity index (χ1n) is 12.5. The van der Waals surface area contributed by atoms with Crippen LogP contribution in [-0.4, -0.2) is 44.8 Å². The molecule has 0 aliphatic carbocycles. The van der Waals surface area contributed by atoms with Crippen molar-refractivity contribution in [1.82, 2.24) is 4.90 Å². The fraction of sp³-hybridized carbons (Fsp3) is 0.267. The third-order valence-electron chi connectivity index (χ3n) is 6.69. The zero-order valence-corrected chi connectivity index (χ0v) is 21.6. The number of benzene rings is 3. The summed E-state index contributed by atoms with van der Waals surface area (Å²) in [6.45, 7) is 2.90. The summed E-state index contributed by atoms with van der Waals surface area (Å²) in [4.78, 5) is 27.9.